The van der Waals surface area contributed by atoms with Crippen LogP contribution in [0.1, 0.15) is 17.3 Å². The van der Waals surface area contributed by atoms with E-state index in [1.54, 1.807) is 6.08 Å². The molecule has 0 radical (unpaired) electrons. The van der Waals surface area contributed by atoms with Gasteiger partial charge in [-0.05, 0) is 23.6 Å². The third kappa shape index (κ3) is 2.47. The van der Waals surface area contributed by atoms with E-state index < -0.39 is 0 Å². The molecule has 0 N–H and O–H groups in total. The number of rotatable bonds is 2. The minimum Gasteiger partial charge on any atom is -0.334 e. The first-order chi connectivity index (χ1) is 8.22. The van der Waals surface area contributed by atoms with Gasteiger partial charge in [0.2, 0.25) is 0 Å². The molecule has 0 bridgehead atoms. The zero-order chi connectivity index (χ0) is 12.3. The standard InChI is InChI=1S/C15H17NO/c1-3-7-14-11-16(10-12(14)2)15(17)13-8-5-4-6-9-13/h3-9,12H,1,10-11H2,2H3/b14-7+. The molecule has 17 heavy (non-hydrogen) atoms. The Labute approximate surface area is 102 Å². The fourth-order valence-electron chi connectivity index (χ4n) is 2.17. The van der Waals surface area contributed by atoms with E-state index in [4.69, 9.17) is 0 Å². The predicted octanol–water partition coefficient (Wildman–Crippen LogP) is 2.89. The normalized spacial score (nSPS) is 21.8. The summed E-state index contributed by atoms with van der Waals surface area (Å²) in [6.07, 6.45) is 3.81. The van der Waals surface area contributed by atoms with Crippen LogP contribution in [0.3, 0.4) is 0 Å². The highest BCUT2D eigenvalue weighted by atomic mass is 16.2. The second kappa shape index (κ2) is 5.00. The number of hydrogen-bond acceptors (Lipinski definition) is 1. The van der Waals surface area contributed by atoms with Crippen LogP contribution in [-0.2, 0) is 0 Å². The van der Waals surface area contributed by atoms with Crippen molar-refractivity contribution in [2.45, 2.75) is 6.92 Å². The number of amides is 1. The Hall–Kier alpha value is -1.83. The molecule has 0 saturated carbocycles. The minimum atomic E-state index is 0.116. The number of nitrogens with zero attached hydrogens (tertiary/aromatic N) is 1. The third-order valence-electron chi connectivity index (χ3n) is 3.14. The van der Waals surface area contributed by atoms with Crippen molar-refractivity contribution in [3.63, 3.8) is 0 Å². The Morgan fingerprint density at radius 1 is 1.41 bits per heavy atom. The molecule has 2 nitrogen and oxygen atoms in total. The molecule has 1 aromatic rings. The predicted molar refractivity (Wildman–Crippen MR) is 69.8 cm³/mol. The zero-order valence-electron chi connectivity index (χ0n) is 10.1. The van der Waals surface area contributed by atoms with Gasteiger partial charge in [-0.3, -0.25) is 4.79 Å². The summed E-state index contributed by atoms with van der Waals surface area (Å²) < 4.78 is 0. The molecule has 1 saturated heterocycles. The monoisotopic (exact) mass is 227 g/mol. The van der Waals surface area contributed by atoms with Crippen LogP contribution >= 0.6 is 0 Å². The highest BCUT2D eigenvalue weighted by molar-refractivity contribution is 5.94. The van der Waals surface area contributed by atoms with Crippen molar-refractivity contribution >= 4 is 5.91 Å². The maximum atomic E-state index is 12.2. The smallest absolute Gasteiger partial charge is 0.254 e. The Morgan fingerprint density at radius 2 is 2.12 bits per heavy atom. The molecule has 1 amide bonds. The molecule has 0 spiro atoms. The summed E-state index contributed by atoms with van der Waals surface area (Å²) in [5.41, 5.74) is 2.05. The highest BCUT2D eigenvalue weighted by Crippen LogP contribution is 2.23. The van der Waals surface area contributed by atoms with Crippen molar-refractivity contribution in [2.75, 3.05) is 13.1 Å². The van der Waals surface area contributed by atoms with Gasteiger partial charge >= 0.3 is 0 Å². The van der Waals surface area contributed by atoms with Crippen LogP contribution in [0.2, 0.25) is 0 Å². The number of likely N-dealkylation sites (tertiary alicyclic amines) is 1. The van der Waals surface area contributed by atoms with Gasteiger partial charge in [0.25, 0.3) is 5.91 Å². The van der Waals surface area contributed by atoms with Crippen LogP contribution in [-0.4, -0.2) is 23.9 Å². The van der Waals surface area contributed by atoms with Gasteiger partial charge in [-0.2, -0.15) is 0 Å². The van der Waals surface area contributed by atoms with Crippen molar-refractivity contribution < 1.29 is 4.79 Å². The second-order valence-electron chi connectivity index (χ2n) is 4.43. The molecule has 1 aromatic carbocycles. The van der Waals surface area contributed by atoms with E-state index >= 15 is 0 Å². The van der Waals surface area contributed by atoms with E-state index in [2.05, 4.69) is 13.5 Å². The lowest BCUT2D eigenvalue weighted by atomic mass is 10.1. The van der Waals surface area contributed by atoms with E-state index in [-0.39, 0.29) is 5.91 Å². The molecule has 0 aliphatic carbocycles. The topological polar surface area (TPSA) is 20.3 Å². The van der Waals surface area contributed by atoms with Crippen molar-refractivity contribution in [2.24, 2.45) is 5.92 Å². The lowest BCUT2D eigenvalue weighted by molar-refractivity contribution is 0.0790. The van der Waals surface area contributed by atoms with Crippen molar-refractivity contribution in [3.05, 3.63) is 60.2 Å². The highest BCUT2D eigenvalue weighted by Gasteiger charge is 2.27. The van der Waals surface area contributed by atoms with Crippen LogP contribution in [0.4, 0.5) is 0 Å². The molecule has 1 fully saturated rings. The van der Waals surface area contributed by atoms with Gasteiger partial charge in [-0.25, -0.2) is 0 Å². The van der Waals surface area contributed by atoms with Crippen LogP contribution in [0.25, 0.3) is 0 Å². The van der Waals surface area contributed by atoms with Crippen molar-refractivity contribution in [3.8, 4) is 0 Å². The largest absolute Gasteiger partial charge is 0.334 e. The van der Waals surface area contributed by atoms with E-state index in [1.807, 2.05) is 41.3 Å². The molecule has 1 aliphatic heterocycles. The molecule has 1 aliphatic rings. The summed E-state index contributed by atoms with van der Waals surface area (Å²) in [6.45, 7) is 7.38. The Morgan fingerprint density at radius 3 is 2.76 bits per heavy atom. The number of allylic oxidation sites excluding steroid dienone is 2. The summed E-state index contributed by atoms with van der Waals surface area (Å²) in [6, 6.07) is 9.44. The first-order valence-electron chi connectivity index (χ1n) is 5.88. The number of hydrogen-bond donors (Lipinski definition) is 0. The fourth-order valence-corrected chi connectivity index (χ4v) is 2.17. The number of benzene rings is 1. The summed E-state index contributed by atoms with van der Waals surface area (Å²) in [5.74, 6) is 0.547. The number of carbonyl (C=O) groups excluding carboxylic acids is 1. The lowest BCUT2D eigenvalue weighted by Crippen LogP contribution is -2.28. The van der Waals surface area contributed by atoms with Crippen molar-refractivity contribution in [1.82, 2.24) is 4.90 Å². The summed E-state index contributed by atoms with van der Waals surface area (Å²) in [5, 5.41) is 0. The third-order valence-corrected chi connectivity index (χ3v) is 3.14. The Kier molecular flexibility index (Phi) is 3.43. The van der Waals surface area contributed by atoms with E-state index in [0.717, 1.165) is 18.7 Å². The molecule has 1 unspecified atom stereocenters. The van der Waals surface area contributed by atoms with Gasteiger partial charge in [0.15, 0.2) is 0 Å². The van der Waals surface area contributed by atoms with Gasteiger partial charge in [0.1, 0.15) is 0 Å². The van der Waals surface area contributed by atoms with Crippen molar-refractivity contribution in [1.29, 1.82) is 0 Å². The molecule has 2 heteroatoms. The van der Waals surface area contributed by atoms with E-state index in [9.17, 15) is 4.79 Å². The SMILES string of the molecule is C=C/C=C1\CN(C(=O)c2ccccc2)CC1C. The molecule has 2 rings (SSSR count). The first-order valence-corrected chi connectivity index (χ1v) is 5.88. The maximum Gasteiger partial charge on any atom is 0.254 e. The van der Waals surface area contributed by atoms with Gasteiger partial charge in [0, 0.05) is 18.7 Å². The fraction of sp³-hybridized carbons (Fsp3) is 0.267. The Bertz CT molecular complexity index is 447. The number of carbonyl (C=O) groups is 1. The van der Waals surface area contributed by atoms with Crippen LogP contribution in [0, 0.1) is 5.92 Å². The molecule has 1 heterocycles. The second-order valence-corrected chi connectivity index (χ2v) is 4.43. The van der Waals surface area contributed by atoms with Gasteiger partial charge in [-0.1, -0.05) is 43.9 Å². The first kappa shape index (κ1) is 11.6. The Balaban J connectivity index is 2.14. The zero-order valence-corrected chi connectivity index (χ0v) is 10.1. The summed E-state index contributed by atoms with van der Waals surface area (Å²) in [4.78, 5) is 14.1. The summed E-state index contributed by atoms with van der Waals surface area (Å²) in [7, 11) is 0. The summed E-state index contributed by atoms with van der Waals surface area (Å²) >= 11 is 0. The average Bonchev–Trinajstić information content (AvgIpc) is 2.72. The molecule has 88 valence electrons. The van der Waals surface area contributed by atoms with E-state index in [0.29, 0.717) is 5.92 Å². The molecule has 1 atom stereocenters. The van der Waals surface area contributed by atoms with Crippen LogP contribution in [0.5, 0.6) is 0 Å². The molecular weight excluding hydrogens is 210 g/mol. The van der Waals surface area contributed by atoms with Crippen LogP contribution in [0.15, 0.2) is 54.6 Å². The average molecular weight is 227 g/mol. The molecule has 0 aromatic heterocycles. The quantitative estimate of drug-likeness (QED) is 0.760. The van der Waals surface area contributed by atoms with Gasteiger partial charge in [-0.15, -0.1) is 0 Å². The lowest BCUT2D eigenvalue weighted by Gasteiger charge is -2.15. The molecular formula is C15H17NO. The van der Waals surface area contributed by atoms with E-state index in [1.165, 1.54) is 5.57 Å². The van der Waals surface area contributed by atoms with Gasteiger partial charge < -0.3 is 4.90 Å². The maximum absolute atomic E-state index is 12.2. The minimum absolute atomic E-state index is 0.116. The van der Waals surface area contributed by atoms with Crippen LogP contribution < -0.4 is 0 Å². The van der Waals surface area contributed by atoms with Gasteiger partial charge in [0.05, 0.1) is 0 Å².